The second kappa shape index (κ2) is 11.9. The van der Waals surface area contributed by atoms with Crippen LogP contribution in [0.4, 0.5) is 5.69 Å². The third-order valence-corrected chi connectivity index (χ3v) is 6.68. The number of likely N-dealkylation sites (N-methyl/N-ethyl adjacent to an activating group) is 1. The largest absolute Gasteiger partial charge is 0.497 e. The number of hydrogen-bond acceptors (Lipinski definition) is 6. The number of rotatable bonds is 11. The van der Waals surface area contributed by atoms with Crippen LogP contribution in [0.1, 0.15) is 18.9 Å². The van der Waals surface area contributed by atoms with Crippen LogP contribution in [0, 0.1) is 0 Å². The molecule has 0 heterocycles. The number of anilines is 1. The minimum absolute atomic E-state index is 0.107. The van der Waals surface area contributed by atoms with E-state index >= 15 is 0 Å². The van der Waals surface area contributed by atoms with E-state index in [-0.39, 0.29) is 23.2 Å². The number of halogens is 1. The monoisotopic (exact) mass is 511 g/mol. The number of amides is 2. The second-order valence-electron chi connectivity index (χ2n) is 7.50. The Morgan fingerprint density at radius 2 is 1.74 bits per heavy atom. The van der Waals surface area contributed by atoms with Gasteiger partial charge in [0.2, 0.25) is 21.8 Å². The number of carbonyl (C=O) groups is 2. The summed E-state index contributed by atoms with van der Waals surface area (Å²) in [5, 5.41) is 2.78. The summed E-state index contributed by atoms with van der Waals surface area (Å²) >= 11 is 6.18. The Hall–Kier alpha value is -2.98. The van der Waals surface area contributed by atoms with Gasteiger partial charge in [-0.25, -0.2) is 8.42 Å². The van der Waals surface area contributed by atoms with Crippen molar-refractivity contribution in [3.63, 3.8) is 0 Å². The van der Waals surface area contributed by atoms with E-state index < -0.39 is 28.5 Å². The van der Waals surface area contributed by atoms with Crippen LogP contribution in [0.3, 0.4) is 0 Å². The molecule has 9 nitrogen and oxygen atoms in total. The van der Waals surface area contributed by atoms with Gasteiger partial charge in [0, 0.05) is 13.6 Å². The van der Waals surface area contributed by atoms with Gasteiger partial charge >= 0.3 is 0 Å². The number of nitrogens with zero attached hydrogens (tertiary/aromatic N) is 2. The predicted octanol–water partition coefficient (Wildman–Crippen LogP) is 2.68. The summed E-state index contributed by atoms with van der Waals surface area (Å²) in [6, 6.07) is 10.7. The highest BCUT2D eigenvalue weighted by Gasteiger charge is 2.31. The molecule has 2 aromatic carbocycles. The Morgan fingerprint density at radius 3 is 2.21 bits per heavy atom. The number of methoxy groups -OCH3 is 2. The molecule has 0 saturated carbocycles. The molecule has 0 saturated heterocycles. The van der Waals surface area contributed by atoms with Crippen molar-refractivity contribution in [1.29, 1.82) is 0 Å². The van der Waals surface area contributed by atoms with E-state index in [0.717, 1.165) is 16.1 Å². The van der Waals surface area contributed by atoms with E-state index in [1.54, 1.807) is 38.3 Å². The summed E-state index contributed by atoms with van der Waals surface area (Å²) < 4.78 is 36.5. The normalized spacial score (nSPS) is 11.9. The predicted molar refractivity (Wildman–Crippen MR) is 132 cm³/mol. The van der Waals surface area contributed by atoms with Crippen LogP contribution < -0.4 is 19.1 Å². The van der Waals surface area contributed by atoms with Crippen LogP contribution in [0.5, 0.6) is 11.5 Å². The number of sulfonamides is 1. The molecule has 2 aromatic rings. The molecule has 2 rings (SSSR count). The van der Waals surface area contributed by atoms with Crippen molar-refractivity contribution in [2.24, 2.45) is 0 Å². The molecule has 1 atom stereocenters. The maximum Gasteiger partial charge on any atom is 0.244 e. The Morgan fingerprint density at radius 1 is 1.09 bits per heavy atom. The minimum atomic E-state index is -3.85. The lowest BCUT2D eigenvalue weighted by Gasteiger charge is -2.32. The number of nitrogens with one attached hydrogen (secondary N) is 1. The molecule has 2 amide bonds. The van der Waals surface area contributed by atoms with Crippen molar-refractivity contribution in [1.82, 2.24) is 10.2 Å². The highest BCUT2D eigenvalue weighted by atomic mass is 35.5. The molecule has 0 bridgehead atoms. The number of ether oxygens (including phenoxy) is 2. The van der Waals surface area contributed by atoms with Gasteiger partial charge in [-0.2, -0.15) is 0 Å². The molecule has 0 aliphatic carbocycles. The Bertz CT molecular complexity index is 1110. The molecule has 1 N–H and O–H groups in total. The summed E-state index contributed by atoms with van der Waals surface area (Å²) in [6.07, 6.45) is 1.34. The molecular weight excluding hydrogens is 482 g/mol. The third kappa shape index (κ3) is 6.77. The number of carbonyl (C=O) groups excluding carboxylic acids is 2. The fourth-order valence-corrected chi connectivity index (χ4v) is 4.53. The smallest absolute Gasteiger partial charge is 0.244 e. The lowest BCUT2D eigenvalue weighted by molar-refractivity contribution is -0.140. The average Bonchev–Trinajstić information content (AvgIpc) is 2.81. The maximum atomic E-state index is 13.5. The molecule has 0 aliphatic rings. The molecule has 11 heteroatoms. The molecule has 0 fully saturated rings. The van der Waals surface area contributed by atoms with Gasteiger partial charge in [0.25, 0.3) is 0 Å². The lowest BCUT2D eigenvalue weighted by Crippen LogP contribution is -2.51. The van der Waals surface area contributed by atoms with Crippen molar-refractivity contribution in [2.75, 3.05) is 38.4 Å². The minimum Gasteiger partial charge on any atom is -0.497 e. The van der Waals surface area contributed by atoms with E-state index in [0.29, 0.717) is 17.9 Å². The molecule has 1 unspecified atom stereocenters. The Labute approximate surface area is 205 Å². The van der Waals surface area contributed by atoms with Crippen LogP contribution >= 0.6 is 11.6 Å². The topological polar surface area (TPSA) is 105 Å². The standard InChI is InChI=1S/C23H30ClN3O6S/c1-6-20(23(29)25-2)26(14-16-7-10-18(32-3)11-8-16)22(28)15-27(34(5,30)31)17-9-12-21(33-4)19(24)13-17/h7-13,20H,6,14-15H2,1-5H3,(H,25,29). The molecule has 0 aliphatic heterocycles. The third-order valence-electron chi connectivity index (χ3n) is 5.25. The molecule has 0 radical (unpaired) electrons. The summed E-state index contributed by atoms with van der Waals surface area (Å²) in [7, 11) is 0.630. The van der Waals surface area contributed by atoms with Gasteiger partial charge in [0.05, 0.1) is 31.2 Å². The summed E-state index contributed by atoms with van der Waals surface area (Å²) in [6.45, 7) is 1.38. The van der Waals surface area contributed by atoms with Crippen LogP contribution in [0.25, 0.3) is 0 Å². The van der Waals surface area contributed by atoms with E-state index in [1.807, 2.05) is 0 Å². The first kappa shape index (κ1) is 27.3. The van der Waals surface area contributed by atoms with E-state index in [4.69, 9.17) is 21.1 Å². The molecule has 0 aromatic heterocycles. The van der Waals surface area contributed by atoms with Gasteiger partial charge in [-0.3, -0.25) is 13.9 Å². The Kier molecular flexibility index (Phi) is 9.57. The number of hydrogen-bond donors (Lipinski definition) is 1. The SMILES string of the molecule is CCC(C(=O)NC)N(Cc1ccc(OC)cc1)C(=O)CN(c1ccc(OC)c(Cl)c1)S(C)(=O)=O. The first-order valence-electron chi connectivity index (χ1n) is 10.5. The highest BCUT2D eigenvalue weighted by molar-refractivity contribution is 7.92. The summed E-state index contributed by atoms with van der Waals surface area (Å²) in [5.74, 6) is 0.142. The van der Waals surface area contributed by atoms with Crippen LogP contribution in [0.15, 0.2) is 42.5 Å². The zero-order chi connectivity index (χ0) is 25.5. The fourth-order valence-electron chi connectivity index (χ4n) is 3.44. The van der Waals surface area contributed by atoms with Gasteiger partial charge in [0.1, 0.15) is 24.1 Å². The quantitative estimate of drug-likeness (QED) is 0.497. The van der Waals surface area contributed by atoms with Gasteiger partial charge < -0.3 is 19.7 Å². The van der Waals surface area contributed by atoms with E-state index in [1.165, 1.54) is 37.3 Å². The van der Waals surface area contributed by atoms with Crippen molar-refractivity contribution in [3.05, 3.63) is 53.1 Å². The first-order chi connectivity index (χ1) is 16.0. The first-order valence-corrected chi connectivity index (χ1v) is 12.7. The van der Waals surface area contributed by atoms with Crippen LogP contribution in [-0.4, -0.2) is 65.2 Å². The van der Waals surface area contributed by atoms with Gasteiger partial charge in [-0.05, 0) is 42.3 Å². The highest BCUT2D eigenvalue weighted by Crippen LogP contribution is 2.30. The molecule has 34 heavy (non-hydrogen) atoms. The maximum absolute atomic E-state index is 13.5. The number of benzene rings is 2. The van der Waals surface area contributed by atoms with E-state index in [9.17, 15) is 18.0 Å². The average molecular weight is 512 g/mol. The van der Waals surface area contributed by atoms with Gasteiger partial charge in [-0.1, -0.05) is 30.7 Å². The van der Waals surface area contributed by atoms with E-state index in [2.05, 4.69) is 5.32 Å². The van der Waals surface area contributed by atoms with Crippen molar-refractivity contribution in [3.8, 4) is 11.5 Å². The van der Waals surface area contributed by atoms with Crippen molar-refractivity contribution < 1.29 is 27.5 Å². The fraction of sp³-hybridized carbons (Fsp3) is 0.391. The summed E-state index contributed by atoms with van der Waals surface area (Å²) in [4.78, 5) is 27.4. The van der Waals surface area contributed by atoms with Gasteiger partial charge in [0.15, 0.2) is 0 Å². The zero-order valence-electron chi connectivity index (χ0n) is 19.9. The lowest BCUT2D eigenvalue weighted by atomic mass is 10.1. The van der Waals surface area contributed by atoms with Gasteiger partial charge in [-0.15, -0.1) is 0 Å². The summed E-state index contributed by atoms with van der Waals surface area (Å²) in [5.41, 5.74) is 0.967. The van der Waals surface area contributed by atoms with Crippen LogP contribution in [0.2, 0.25) is 5.02 Å². The Balaban J connectivity index is 2.43. The molecular formula is C23H30ClN3O6S. The van der Waals surface area contributed by atoms with Crippen molar-refractivity contribution >= 4 is 39.1 Å². The van der Waals surface area contributed by atoms with Crippen molar-refractivity contribution in [2.45, 2.75) is 25.9 Å². The molecule has 186 valence electrons. The zero-order valence-corrected chi connectivity index (χ0v) is 21.4. The second-order valence-corrected chi connectivity index (χ2v) is 9.81. The molecule has 0 spiro atoms. The van der Waals surface area contributed by atoms with Crippen LogP contribution in [-0.2, 0) is 26.2 Å².